The van der Waals surface area contributed by atoms with Gasteiger partial charge in [0.05, 0.1) is 16.1 Å². The number of hydrogen-bond acceptors (Lipinski definition) is 4. The van der Waals surface area contributed by atoms with Crippen molar-refractivity contribution in [1.82, 2.24) is 0 Å². The Morgan fingerprint density at radius 3 is 2.45 bits per heavy atom. The summed E-state index contributed by atoms with van der Waals surface area (Å²) in [7, 11) is 0. The number of non-ortho nitro benzene ring substituents is 1. The Balaban J connectivity index is 3.10. The Bertz CT molecular complexity index is 501. The third-order valence-electron chi connectivity index (χ3n) is 2.94. The van der Waals surface area contributed by atoms with Crippen LogP contribution in [0.25, 0.3) is 0 Å². The van der Waals surface area contributed by atoms with Crippen LogP contribution < -0.4 is 5.32 Å². The van der Waals surface area contributed by atoms with Crippen molar-refractivity contribution in [3.05, 3.63) is 33.9 Å². The summed E-state index contributed by atoms with van der Waals surface area (Å²) in [5, 5.41) is 22.8. The molecule has 1 unspecified atom stereocenters. The van der Waals surface area contributed by atoms with E-state index in [1.165, 1.54) is 6.92 Å². The summed E-state index contributed by atoms with van der Waals surface area (Å²) in [6.07, 6.45) is -4.36. The first-order valence-electron chi connectivity index (χ1n) is 5.89. The topological polar surface area (TPSA) is 75.4 Å². The first-order valence-corrected chi connectivity index (χ1v) is 5.89. The average Bonchev–Trinajstić information content (AvgIpc) is 2.35. The van der Waals surface area contributed by atoms with Gasteiger partial charge in [-0.15, -0.1) is 0 Å². The van der Waals surface area contributed by atoms with Crippen LogP contribution >= 0.6 is 0 Å². The second-order valence-corrected chi connectivity index (χ2v) is 4.69. The molecule has 0 amide bonds. The first kappa shape index (κ1) is 16.2. The van der Waals surface area contributed by atoms with Gasteiger partial charge in [0, 0.05) is 24.4 Å². The molecule has 1 aromatic carbocycles. The van der Waals surface area contributed by atoms with Crippen molar-refractivity contribution in [3.8, 4) is 0 Å². The Hall–Kier alpha value is -1.83. The van der Waals surface area contributed by atoms with Crippen molar-refractivity contribution in [2.75, 3.05) is 11.9 Å². The Morgan fingerprint density at radius 2 is 2.00 bits per heavy atom. The highest BCUT2D eigenvalue weighted by molar-refractivity contribution is 5.57. The average molecular weight is 292 g/mol. The molecule has 0 saturated heterocycles. The van der Waals surface area contributed by atoms with Crippen LogP contribution in [0.1, 0.15) is 25.8 Å². The molecule has 1 aromatic rings. The minimum Gasteiger partial charge on any atom is -0.388 e. The molecule has 0 saturated carbocycles. The fourth-order valence-corrected chi connectivity index (χ4v) is 1.45. The molecule has 0 radical (unpaired) electrons. The largest absolute Gasteiger partial charge is 0.418 e. The summed E-state index contributed by atoms with van der Waals surface area (Å²) in [6, 6.07) is 2.45. The number of hydrogen-bond donors (Lipinski definition) is 2. The first-order chi connectivity index (χ1) is 9.07. The van der Waals surface area contributed by atoms with Gasteiger partial charge >= 0.3 is 6.18 Å². The normalized spacial score (nSPS) is 14.7. The SMILES string of the molecule is CCC(C)(O)CNc1ccc([N+](=O)[O-])cc1C(F)(F)F. The van der Waals surface area contributed by atoms with E-state index in [1.807, 2.05) is 0 Å². The minimum absolute atomic E-state index is 0.0929. The molecule has 0 aliphatic carbocycles. The smallest absolute Gasteiger partial charge is 0.388 e. The number of nitrogens with one attached hydrogen (secondary N) is 1. The van der Waals surface area contributed by atoms with Gasteiger partial charge in [-0.2, -0.15) is 13.2 Å². The highest BCUT2D eigenvalue weighted by Gasteiger charge is 2.35. The molecule has 20 heavy (non-hydrogen) atoms. The summed E-state index contributed by atoms with van der Waals surface area (Å²) < 4.78 is 38.6. The van der Waals surface area contributed by atoms with Gasteiger partial charge in [-0.3, -0.25) is 10.1 Å². The zero-order valence-corrected chi connectivity index (χ0v) is 11.0. The zero-order chi connectivity index (χ0) is 15.6. The van der Waals surface area contributed by atoms with Crippen LogP contribution in [-0.4, -0.2) is 22.2 Å². The number of rotatable bonds is 5. The van der Waals surface area contributed by atoms with Gasteiger partial charge in [0.15, 0.2) is 0 Å². The number of anilines is 1. The van der Waals surface area contributed by atoms with Gasteiger partial charge in [0.1, 0.15) is 0 Å². The van der Waals surface area contributed by atoms with Gasteiger partial charge in [-0.05, 0) is 19.4 Å². The molecule has 8 heteroatoms. The van der Waals surface area contributed by atoms with Crippen LogP contribution in [0.15, 0.2) is 18.2 Å². The van der Waals surface area contributed by atoms with Crippen LogP contribution in [0.4, 0.5) is 24.5 Å². The maximum atomic E-state index is 12.9. The van der Waals surface area contributed by atoms with Gasteiger partial charge in [-0.25, -0.2) is 0 Å². The van der Waals surface area contributed by atoms with E-state index >= 15 is 0 Å². The molecule has 0 heterocycles. The van der Waals surface area contributed by atoms with Crippen molar-refractivity contribution >= 4 is 11.4 Å². The third-order valence-corrected chi connectivity index (χ3v) is 2.94. The molecule has 0 aliphatic heterocycles. The standard InChI is InChI=1S/C12H15F3N2O3/c1-3-11(2,18)7-16-10-5-4-8(17(19)20)6-9(10)12(13,14)15/h4-6,16,18H,3,7H2,1-2H3. The fraction of sp³-hybridized carbons (Fsp3) is 0.500. The molecule has 0 aromatic heterocycles. The van der Waals surface area contributed by atoms with E-state index in [9.17, 15) is 28.4 Å². The molecule has 0 fully saturated rings. The van der Waals surface area contributed by atoms with Crippen molar-refractivity contribution in [2.45, 2.75) is 32.0 Å². The molecule has 0 bridgehead atoms. The van der Waals surface area contributed by atoms with Crippen LogP contribution in [0.5, 0.6) is 0 Å². The van der Waals surface area contributed by atoms with Crippen molar-refractivity contribution in [3.63, 3.8) is 0 Å². The highest BCUT2D eigenvalue weighted by atomic mass is 19.4. The molecule has 1 atom stereocenters. The van der Waals surface area contributed by atoms with Crippen LogP contribution in [0.3, 0.4) is 0 Å². The van der Waals surface area contributed by atoms with E-state index in [0.29, 0.717) is 12.5 Å². The van der Waals surface area contributed by atoms with E-state index in [2.05, 4.69) is 5.32 Å². The molecular weight excluding hydrogens is 277 g/mol. The number of alkyl halides is 3. The molecular formula is C12H15F3N2O3. The second kappa shape index (κ2) is 5.66. The summed E-state index contributed by atoms with van der Waals surface area (Å²) in [6.45, 7) is 3.09. The van der Waals surface area contributed by atoms with Gasteiger partial charge < -0.3 is 10.4 Å². The maximum absolute atomic E-state index is 12.9. The lowest BCUT2D eigenvalue weighted by Crippen LogP contribution is -2.33. The van der Waals surface area contributed by atoms with Crippen molar-refractivity contribution in [1.29, 1.82) is 0 Å². The van der Waals surface area contributed by atoms with Crippen LogP contribution in [0, 0.1) is 10.1 Å². The van der Waals surface area contributed by atoms with E-state index in [4.69, 9.17) is 0 Å². The quantitative estimate of drug-likeness (QED) is 0.645. The third kappa shape index (κ3) is 4.09. The lowest BCUT2D eigenvalue weighted by molar-refractivity contribution is -0.385. The number of halogens is 3. The van der Waals surface area contributed by atoms with E-state index < -0.39 is 28.0 Å². The summed E-state index contributed by atoms with van der Waals surface area (Å²) >= 11 is 0. The Kier molecular flexibility index (Phi) is 4.59. The van der Waals surface area contributed by atoms with Crippen LogP contribution in [0.2, 0.25) is 0 Å². The monoisotopic (exact) mass is 292 g/mol. The lowest BCUT2D eigenvalue weighted by atomic mass is 10.0. The van der Waals surface area contributed by atoms with Crippen LogP contribution in [-0.2, 0) is 6.18 Å². The van der Waals surface area contributed by atoms with Gasteiger partial charge in [0.25, 0.3) is 5.69 Å². The minimum atomic E-state index is -4.72. The molecule has 2 N–H and O–H groups in total. The molecule has 5 nitrogen and oxygen atoms in total. The maximum Gasteiger partial charge on any atom is 0.418 e. The van der Waals surface area contributed by atoms with Gasteiger partial charge in [0.2, 0.25) is 0 Å². The molecule has 0 aliphatic rings. The summed E-state index contributed by atoms with van der Waals surface area (Å²) in [4.78, 5) is 9.64. The summed E-state index contributed by atoms with van der Waals surface area (Å²) in [5.41, 5.74) is -3.22. The zero-order valence-electron chi connectivity index (χ0n) is 11.0. The molecule has 112 valence electrons. The van der Waals surface area contributed by atoms with E-state index in [1.54, 1.807) is 6.92 Å². The van der Waals surface area contributed by atoms with Gasteiger partial charge in [-0.1, -0.05) is 6.92 Å². The number of nitro groups is 1. The van der Waals surface area contributed by atoms with E-state index in [-0.39, 0.29) is 12.2 Å². The van der Waals surface area contributed by atoms with E-state index in [0.717, 1.165) is 12.1 Å². The highest BCUT2D eigenvalue weighted by Crippen LogP contribution is 2.37. The Morgan fingerprint density at radius 1 is 1.40 bits per heavy atom. The second-order valence-electron chi connectivity index (χ2n) is 4.69. The van der Waals surface area contributed by atoms with Crippen molar-refractivity contribution in [2.24, 2.45) is 0 Å². The summed E-state index contributed by atoms with van der Waals surface area (Å²) in [5.74, 6) is 0. The van der Waals surface area contributed by atoms with Crippen molar-refractivity contribution < 1.29 is 23.2 Å². The fourth-order valence-electron chi connectivity index (χ4n) is 1.45. The molecule has 1 rings (SSSR count). The predicted octanol–water partition coefficient (Wildman–Crippen LogP) is 3.19. The number of nitrogens with zero attached hydrogens (tertiary/aromatic N) is 1. The number of nitro benzene ring substituents is 1. The Labute approximate surface area is 113 Å². The lowest BCUT2D eigenvalue weighted by Gasteiger charge is -2.23. The predicted molar refractivity (Wildman–Crippen MR) is 67.5 cm³/mol. The number of benzene rings is 1. The number of aliphatic hydroxyl groups is 1. The molecule has 0 spiro atoms.